The second-order valence-corrected chi connectivity index (χ2v) is 5.61. The van der Waals surface area contributed by atoms with Crippen molar-refractivity contribution in [3.05, 3.63) is 59.4 Å². The molecule has 0 aliphatic heterocycles. The minimum absolute atomic E-state index is 0.0495. The van der Waals surface area contributed by atoms with Gasteiger partial charge in [0.1, 0.15) is 5.69 Å². The molecule has 0 spiro atoms. The molecule has 0 N–H and O–H groups in total. The molecule has 0 bridgehead atoms. The molecule has 0 saturated heterocycles. The van der Waals surface area contributed by atoms with Crippen LogP contribution in [0.4, 0.5) is 23.7 Å². The SMILES string of the molecule is CCOC(=O)c1ccc(N(Cc2cccc(C(F)(F)F)c2)C(=O)OCC)cn1. The minimum Gasteiger partial charge on any atom is -0.461 e. The topological polar surface area (TPSA) is 68.7 Å². The first-order chi connectivity index (χ1) is 13.3. The molecule has 0 radical (unpaired) electrons. The number of hydrogen-bond acceptors (Lipinski definition) is 5. The predicted octanol–water partition coefficient (Wildman–Crippen LogP) is 4.44. The molecule has 1 heterocycles. The van der Waals surface area contributed by atoms with Gasteiger partial charge in [0.2, 0.25) is 0 Å². The summed E-state index contributed by atoms with van der Waals surface area (Å²) < 4.78 is 48.6. The molecule has 28 heavy (non-hydrogen) atoms. The van der Waals surface area contributed by atoms with E-state index in [-0.39, 0.29) is 36.7 Å². The molecule has 1 aromatic carbocycles. The zero-order valence-corrected chi connectivity index (χ0v) is 15.3. The monoisotopic (exact) mass is 396 g/mol. The summed E-state index contributed by atoms with van der Waals surface area (Å²) in [4.78, 5) is 29.1. The number of nitrogens with zero attached hydrogens (tertiary/aromatic N) is 2. The fraction of sp³-hybridized carbons (Fsp3) is 0.316. The molecule has 0 unspecified atom stereocenters. The molecule has 150 valence electrons. The summed E-state index contributed by atoms with van der Waals surface area (Å²) in [5.41, 5.74) is -0.237. The van der Waals surface area contributed by atoms with Crippen molar-refractivity contribution in [3.8, 4) is 0 Å². The Hall–Kier alpha value is -3.10. The van der Waals surface area contributed by atoms with Gasteiger partial charge in [-0.05, 0) is 43.7 Å². The maximum Gasteiger partial charge on any atom is 0.416 e. The second kappa shape index (κ2) is 9.20. The third-order valence-corrected chi connectivity index (χ3v) is 3.63. The van der Waals surface area contributed by atoms with Gasteiger partial charge in [-0.1, -0.05) is 12.1 Å². The number of carbonyl (C=O) groups excluding carboxylic acids is 2. The zero-order chi connectivity index (χ0) is 20.7. The maximum absolute atomic E-state index is 12.9. The number of carbonyl (C=O) groups is 2. The van der Waals surface area contributed by atoms with Crippen molar-refractivity contribution in [2.24, 2.45) is 0 Å². The van der Waals surface area contributed by atoms with E-state index >= 15 is 0 Å². The van der Waals surface area contributed by atoms with Gasteiger partial charge in [0, 0.05) is 0 Å². The van der Waals surface area contributed by atoms with E-state index in [1.54, 1.807) is 13.8 Å². The molecule has 0 saturated carbocycles. The number of benzene rings is 1. The molecule has 0 aliphatic carbocycles. The second-order valence-electron chi connectivity index (χ2n) is 5.61. The fourth-order valence-electron chi connectivity index (χ4n) is 2.36. The lowest BCUT2D eigenvalue weighted by Gasteiger charge is -2.22. The van der Waals surface area contributed by atoms with E-state index in [1.807, 2.05) is 0 Å². The van der Waals surface area contributed by atoms with Crippen molar-refractivity contribution >= 4 is 17.7 Å². The smallest absolute Gasteiger partial charge is 0.416 e. The summed E-state index contributed by atoms with van der Waals surface area (Å²) in [7, 11) is 0. The Morgan fingerprint density at radius 3 is 2.36 bits per heavy atom. The van der Waals surface area contributed by atoms with E-state index in [0.29, 0.717) is 0 Å². The predicted molar refractivity (Wildman–Crippen MR) is 94.8 cm³/mol. The molecule has 0 aliphatic rings. The third kappa shape index (κ3) is 5.45. The van der Waals surface area contributed by atoms with Gasteiger partial charge in [0.15, 0.2) is 0 Å². The van der Waals surface area contributed by atoms with Gasteiger partial charge in [0.25, 0.3) is 0 Å². The average Bonchev–Trinajstić information content (AvgIpc) is 2.66. The van der Waals surface area contributed by atoms with Gasteiger partial charge in [-0.3, -0.25) is 4.90 Å². The van der Waals surface area contributed by atoms with Gasteiger partial charge < -0.3 is 9.47 Å². The van der Waals surface area contributed by atoms with Crippen molar-refractivity contribution in [2.45, 2.75) is 26.6 Å². The number of esters is 1. The number of pyridine rings is 1. The molecule has 9 heteroatoms. The van der Waals surface area contributed by atoms with Crippen LogP contribution in [0.5, 0.6) is 0 Å². The van der Waals surface area contributed by atoms with Crippen molar-refractivity contribution in [2.75, 3.05) is 18.1 Å². The van der Waals surface area contributed by atoms with Crippen LogP contribution in [0.15, 0.2) is 42.6 Å². The van der Waals surface area contributed by atoms with E-state index in [1.165, 1.54) is 30.5 Å². The van der Waals surface area contributed by atoms with E-state index in [2.05, 4.69) is 4.98 Å². The molecule has 0 fully saturated rings. The number of amides is 1. The summed E-state index contributed by atoms with van der Waals surface area (Å²) in [6.07, 6.45) is -3.98. The lowest BCUT2D eigenvalue weighted by molar-refractivity contribution is -0.137. The molecule has 6 nitrogen and oxygen atoms in total. The van der Waals surface area contributed by atoms with Gasteiger partial charge in [-0.15, -0.1) is 0 Å². The van der Waals surface area contributed by atoms with Gasteiger partial charge in [0.05, 0.1) is 37.2 Å². The Morgan fingerprint density at radius 1 is 1.07 bits per heavy atom. The fourth-order valence-corrected chi connectivity index (χ4v) is 2.36. The van der Waals surface area contributed by atoms with E-state index < -0.39 is 23.8 Å². The van der Waals surface area contributed by atoms with Crippen LogP contribution < -0.4 is 4.90 Å². The van der Waals surface area contributed by atoms with Crippen molar-refractivity contribution in [1.29, 1.82) is 0 Å². The Balaban J connectivity index is 2.30. The van der Waals surface area contributed by atoms with E-state index in [9.17, 15) is 22.8 Å². The standard InChI is InChI=1S/C19H19F3N2O4/c1-3-27-17(25)16-9-8-15(11-23-16)24(18(26)28-4-2)12-13-6-5-7-14(10-13)19(20,21)22/h5-11H,3-4,12H2,1-2H3. The molecule has 1 aromatic heterocycles. The first kappa shape index (κ1) is 21.2. The van der Waals surface area contributed by atoms with Gasteiger partial charge >= 0.3 is 18.2 Å². The lowest BCUT2D eigenvalue weighted by Crippen LogP contribution is -2.31. The van der Waals surface area contributed by atoms with Crippen LogP contribution in [-0.4, -0.2) is 30.3 Å². The zero-order valence-electron chi connectivity index (χ0n) is 15.3. The molecule has 1 amide bonds. The summed E-state index contributed by atoms with van der Waals surface area (Å²) in [5, 5.41) is 0. The van der Waals surface area contributed by atoms with Crippen LogP contribution in [0.3, 0.4) is 0 Å². The lowest BCUT2D eigenvalue weighted by atomic mass is 10.1. The first-order valence-corrected chi connectivity index (χ1v) is 8.49. The van der Waals surface area contributed by atoms with Crippen molar-refractivity contribution < 1.29 is 32.2 Å². The summed E-state index contributed by atoms with van der Waals surface area (Å²) in [6, 6.07) is 7.47. The van der Waals surface area contributed by atoms with Crippen molar-refractivity contribution in [1.82, 2.24) is 4.98 Å². The van der Waals surface area contributed by atoms with Crippen LogP contribution in [-0.2, 0) is 22.2 Å². The number of anilines is 1. The number of hydrogen-bond donors (Lipinski definition) is 0. The molecular weight excluding hydrogens is 377 g/mol. The van der Waals surface area contributed by atoms with Crippen LogP contribution in [0, 0.1) is 0 Å². The Kier molecular flexibility index (Phi) is 6.97. The Morgan fingerprint density at radius 2 is 1.79 bits per heavy atom. The highest BCUT2D eigenvalue weighted by Crippen LogP contribution is 2.30. The number of rotatable bonds is 6. The number of ether oxygens (including phenoxy) is 2. The Labute approximate surface area is 159 Å². The van der Waals surface area contributed by atoms with Crippen LogP contribution in [0.1, 0.15) is 35.5 Å². The van der Waals surface area contributed by atoms with Crippen LogP contribution >= 0.6 is 0 Å². The molecule has 0 atom stereocenters. The number of halogens is 3. The maximum atomic E-state index is 12.9. The summed E-state index contributed by atoms with van der Waals surface area (Å²) >= 11 is 0. The molecule has 2 aromatic rings. The molecular formula is C19H19F3N2O4. The van der Waals surface area contributed by atoms with Gasteiger partial charge in [-0.25, -0.2) is 14.6 Å². The first-order valence-electron chi connectivity index (χ1n) is 8.49. The highest BCUT2D eigenvalue weighted by atomic mass is 19.4. The highest BCUT2D eigenvalue weighted by Gasteiger charge is 2.30. The highest BCUT2D eigenvalue weighted by molar-refractivity contribution is 5.90. The summed E-state index contributed by atoms with van der Waals surface area (Å²) in [6.45, 7) is 3.38. The quantitative estimate of drug-likeness (QED) is 0.676. The number of alkyl halides is 3. The van der Waals surface area contributed by atoms with Gasteiger partial charge in [-0.2, -0.15) is 13.2 Å². The average molecular weight is 396 g/mol. The largest absolute Gasteiger partial charge is 0.461 e. The summed E-state index contributed by atoms with van der Waals surface area (Å²) in [5.74, 6) is -0.616. The van der Waals surface area contributed by atoms with E-state index in [4.69, 9.17) is 9.47 Å². The normalized spacial score (nSPS) is 11.0. The molecule has 2 rings (SSSR count). The number of aromatic nitrogens is 1. The van der Waals surface area contributed by atoms with Crippen LogP contribution in [0.25, 0.3) is 0 Å². The minimum atomic E-state index is -4.49. The van der Waals surface area contributed by atoms with E-state index in [0.717, 1.165) is 17.0 Å². The van der Waals surface area contributed by atoms with Crippen molar-refractivity contribution in [3.63, 3.8) is 0 Å². The Bertz CT molecular complexity index is 823. The van der Waals surface area contributed by atoms with Crippen LogP contribution in [0.2, 0.25) is 0 Å². The third-order valence-electron chi connectivity index (χ3n) is 3.63.